The molecule has 0 bridgehead atoms. The summed E-state index contributed by atoms with van der Waals surface area (Å²) in [5.74, 6) is 0. The van der Waals surface area contributed by atoms with Crippen molar-refractivity contribution in [2.45, 2.75) is 0 Å². The van der Waals surface area contributed by atoms with Crippen LogP contribution in [-0.4, -0.2) is 0 Å². The first-order valence-corrected chi connectivity index (χ1v) is 0. The monoisotopic (exact) mass is 150 g/mol. The second-order valence-electron chi connectivity index (χ2n) is 0. The summed E-state index contributed by atoms with van der Waals surface area (Å²) in [7, 11) is 0. The second-order valence-corrected chi connectivity index (χ2v) is 0. The van der Waals surface area contributed by atoms with Crippen molar-refractivity contribution in [3.63, 3.8) is 0 Å². The summed E-state index contributed by atoms with van der Waals surface area (Å²) in [5, 5.41) is 0. The molecule has 0 aliphatic rings. The molecular formula is FeKNaO2. The zero-order chi connectivity index (χ0) is 0. The van der Waals surface area contributed by atoms with E-state index < -0.39 is 0 Å². The summed E-state index contributed by atoms with van der Waals surface area (Å²) < 4.78 is 0. The first kappa shape index (κ1) is 42.7. The molecule has 0 aliphatic heterocycles. The molecule has 0 atom stereocenters. The topological polar surface area (TPSA) is 57.0 Å². The van der Waals surface area contributed by atoms with Crippen molar-refractivity contribution in [3.05, 3.63) is 0 Å². The Hall–Kier alpha value is 3.08. The molecule has 0 aromatic carbocycles. The Morgan fingerprint density at radius 1 is 0.800 bits per heavy atom. The Morgan fingerprint density at radius 2 is 0.800 bits per heavy atom. The van der Waals surface area contributed by atoms with Crippen molar-refractivity contribution in [1.29, 1.82) is 0 Å². The number of rotatable bonds is 0. The summed E-state index contributed by atoms with van der Waals surface area (Å²) in [6.45, 7) is 0. The summed E-state index contributed by atoms with van der Waals surface area (Å²) in [6.07, 6.45) is 0. The molecule has 0 aromatic rings. The second kappa shape index (κ2) is 27.6. The molecule has 5 heteroatoms. The van der Waals surface area contributed by atoms with E-state index in [4.69, 9.17) is 0 Å². The molecule has 22 valence electrons. The van der Waals surface area contributed by atoms with Gasteiger partial charge in [0.25, 0.3) is 0 Å². The zero-order valence-electron chi connectivity index (χ0n) is 3.17. The van der Waals surface area contributed by atoms with E-state index in [1.165, 1.54) is 0 Å². The average molecular weight is 150 g/mol. The molecule has 0 unspecified atom stereocenters. The summed E-state index contributed by atoms with van der Waals surface area (Å²) in [6, 6.07) is 0. The van der Waals surface area contributed by atoms with Crippen LogP contribution in [0.4, 0.5) is 0 Å². The molecule has 0 rings (SSSR count). The fraction of sp³-hybridized carbons (Fsp3) is 0. The van der Waals surface area contributed by atoms with Gasteiger partial charge in [0.1, 0.15) is 0 Å². The van der Waals surface area contributed by atoms with E-state index in [0.29, 0.717) is 0 Å². The SMILES string of the molecule is [Fe+2].[K+].[Na+].[O-2].[O-2]. The Bertz CT molecular complexity index is 9.61. The molecule has 0 radical (unpaired) electrons. The fourth-order valence-corrected chi connectivity index (χ4v) is 0. The van der Waals surface area contributed by atoms with Gasteiger partial charge in [-0.05, 0) is 0 Å². The minimum Gasteiger partial charge on any atom is -2.00 e. The van der Waals surface area contributed by atoms with Crippen LogP contribution < -0.4 is 80.9 Å². The standard InChI is InChI=1S/Fe.K.Na.2O/q+2;2*+1;2*-2. The number of hydrogen-bond acceptors (Lipinski definition) is 0. The van der Waals surface area contributed by atoms with Gasteiger partial charge in [-0.15, -0.1) is 0 Å². The first-order valence-electron chi connectivity index (χ1n) is 0. The van der Waals surface area contributed by atoms with Crippen LogP contribution in [0.25, 0.3) is 0 Å². The molecule has 0 heterocycles. The van der Waals surface area contributed by atoms with E-state index in [0.717, 1.165) is 0 Å². The van der Waals surface area contributed by atoms with Gasteiger partial charge in [-0.3, -0.25) is 0 Å². The van der Waals surface area contributed by atoms with Crippen LogP contribution >= 0.6 is 0 Å². The third kappa shape index (κ3) is 19.3. The van der Waals surface area contributed by atoms with Crippen LogP contribution in [0.3, 0.4) is 0 Å². The number of hydrogen-bond donors (Lipinski definition) is 0. The van der Waals surface area contributed by atoms with Crippen molar-refractivity contribution in [2.24, 2.45) is 0 Å². The molecule has 0 aromatic heterocycles. The predicted molar refractivity (Wildman–Crippen MR) is 1.37 cm³/mol. The maximum atomic E-state index is 0. The van der Waals surface area contributed by atoms with Crippen LogP contribution in [-0.2, 0) is 28.0 Å². The molecule has 0 spiro atoms. The van der Waals surface area contributed by atoms with Crippen molar-refractivity contribution in [1.82, 2.24) is 0 Å². The molecule has 0 saturated carbocycles. The van der Waals surface area contributed by atoms with E-state index in [-0.39, 0.29) is 109 Å². The van der Waals surface area contributed by atoms with Crippen LogP contribution in [0.5, 0.6) is 0 Å². The van der Waals surface area contributed by atoms with Gasteiger partial charge in [-0.1, -0.05) is 0 Å². The maximum absolute atomic E-state index is 0. The summed E-state index contributed by atoms with van der Waals surface area (Å²) in [4.78, 5) is 0. The molecule has 0 aliphatic carbocycles. The Kier molecular flexibility index (Phi) is 236. The van der Waals surface area contributed by atoms with E-state index in [1.807, 2.05) is 0 Å². The predicted octanol–water partition coefficient (Wildman–Crippen LogP) is -6.23. The minimum absolute atomic E-state index is 0. The molecule has 0 N–H and O–H groups in total. The van der Waals surface area contributed by atoms with Gasteiger partial charge in [0.05, 0.1) is 0 Å². The van der Waals surface area contributed by atoms with Gasteiger partial charge >= 0.3 is 98.0 Å². The first-order chi connectivity index (χ1) is 0. The quantitative estimate of drug-likeness (QED) is 0.308. The fourth-order valence-electron chi connectivity index (χ4n) is 0. The summed E-state index contributed by atoms with van der Waals surface area (Å²) in [5.41, 5.74) is 0. The van der Waals surface area contributed by atoms with E-state index >= 15 is 0 Å². The van der Waals surface area contributed by atoms with E-state index in [1.54, 1.807) is 0 Å². The third-order valence-corrected chi connectivity index (χ3v) is 0. The van der Waals surface area contributed by atoms with Crippen molar-refractivity contribution < 1.29 is 109 Å². The minimum atomic E-state index is 0. The van der Waals surface area contributed by atoms with Crippen LogP contribution in [0.1, 0.15) is 0 Å². The van der Waals surface area contributed by atoms with E-state index in [2.05, 4.69) is 0 Å². The van der Waals surface area contributed by atoms with E-state index in [9.17, 15) is 0 Å². The van der Waals surface area contributed by atoms with Crippen LogP contribution in [0.2, 0.25) is 0 Å². The molecule has 5 heavy (non-hydrogen) atoms. The summed E-state index contributed by atoms with van der Waals surface area (Å²) >= 11 is 0. The van der Waals surface area contributed by atoms with Crippen molar-refractivity contribution in [2.75, 3.05) is 0 Å². The van der Waals surface area contributed by atoms with Gasteiger partial charge in [-0.25, -0.2) is 0 Å². The van der Waals surface area contributed by atoms with Gasteiger partial charge < -0.3 is 11.0 Å². The average Bonchev–Trinajstić information content (AvgIpc) is 0. The van der Waals surface area contributed by atoms with Gasteiger partial charge in [-0.2, -0.15) is 0 Å². The Morgan fingerprint density at radius 3 is 0.800 bits per heavy atom. The van der Waals surface area contributed by atoms with Gasteiger partial charge in [0, 0.05) is 0 Å². The smallest absolute Gasteiger partial charge is 2.00 e. The third-order valence-electron chi connectivity index (χ3n) is 0. The van der Waals surface area contributed by atoms with Crippen molar-refractivity contribution >= 4 is 0 Å². The maximum Gasteiger partial charge on any atom is 2.00 e. The largest absolute Gasteiger partial charge is 2.00 e. The van der Waals surface area contributed by atoms with Crippen LogP contribution in [0, 0.1) is 0 Å². The van der Waals surface area contributed by atoms with Gasteiger partial charge in [0.15, 0.2) is 0 Å². The molecular weight excluding hydrogens is 150 g/mol. The molecule has 0 saturated heterocycles. The molecule has 0 fully saturated rings. The Balaban J connectivity index is 0. The van der Waals surface area contributed by atoms with Gasteiger partial charge in [0.2, 0.25) is 0 Å². The van der Waals surface area contributed by atoms with Crippen molar-refractivity contribution in [3.8, 4) is 0 Å². The Labute approximate surface area is 106 Å². The van der Waals surface area contributed by atoms with Crippen LogP contribution in [0.15, 0.2) is 0 Å². The molecule has 2 nitrogen and oxygen atoms in total. The molecule has 0 amide bonds. The normalized spacial score (nSPS) is 0. The zero-order valence-corrected chi connectivity index (χ0v) is 9.40.